The second-order valence-corrected chi connectivity index (χ2v) is 6.32. The largest absolute Gasteiger partial charge is 0.486 e. The molecule has 2 heterocycles. The average Bonchev–Trinajstić information content (AvgIpc) is 2.73. The Hall–Kier alpha value is -3.22. The minimum absolute atomic E-state index is 0.0805. The molecule has 0 spiro atoms. The standard InChI is InChI=1S/C20H20N2O5/c23-19(15-6-7-17-18(14-15)26-13-12-25-17)21-8-10-22(11-9-21)20(24)27-16-4-2-1-3-5-16/h1-7,14H,8-13H2. The molecular weight excluding hydrogens is 348 g/mol. The minimum Gasteiger partial charge on any atom is -0.486 e. The van der Waals surface area contributed by atoms with Crippen molar-refractivity contribution in [3.63, 3.8) is 0 Å². The number of rotatable bonds is 2. The van der Waals surface area contributed by atoms with E-state index in [0.29, 0.717) is 62.2 Å². The summed E-state index contributed by atoms with van der Waals surface area (Å²) in [6, 6.07) is 14.2. The number of hydrogen-bond acceptors (Lipinski definition) is 5. The predicted octanol–water partition coefficient (Wildman–Crippen LogP) is 2.41. The summed E-state index contributed by atoms with van der Waals surface area (Å²) >= 11 is 0. The number of carbonyl (C=O) groups is 2. The molecule has 2 amide bonds. The summed E-state index contributed by atoms with van der Waals surface area (Å²) < 4.78 is 16.4. The van der Waals surface area contributed by atoms with Crippen molar-refractivity contribution >= 4 is 12.0 Å². The molecule has 2 aromatic rings. The van der Waals surface area contributed by atoms with E-state index in [0.717, 1.165) is 0 Å². The molecule has 0 aliphatic carbocycles. The molecule has 0 radical (unpaired) electrons. The molecule has 1 saturated heterocycles. The zero-order valence-electron chi connectivity index (χ0n) is 14.8. The van der Waals surface area contributed by atoms with Gasteiger partial charge in [-0.05, 0) is 30.3 Å². The number of nitrogens with zero attached hydrogens (tertiary/aromatic N) is 2. The Morgan fingerprint density at radius 1 is 0.815 bits per heavy atom. The lowest BCUT2D eigenvalue weighted by atomic mass is 10.1. The molecule has 0 unspecified atom stereocenters. The van der Waals surface area contributed by atoms with Gasteiger partial charge in [0.15, 0.2) is 11.5 Å². The average molecular weight is 368 g/mol. The first-order chi connectivity index (χ1) is 13.2. The van der Waals surface area contributed by atoms with E-state index in [1.807, 2.05) is 18.2 Å². The van der Waals surface area contributed by atoms with Gasteiger partial charge in [-0.15, -0.1) is 0 Å². The lowest BCUT2D eigenvalue weighted by Gasteiger charge is -2.34. The molecular formula is C20H20N2O5. The van der Waals surface area contributed by atoms with Crippen molar-refractivity contribution < 1.29 is 23.8 Å². The third-order valence-corrected chi connectivity index (χ3v) is 4.56. The number of fused-ring (bicyclic) bond motifs is 1. The van der Waals surface area contributed by atoms with E-state index in [-0.39, 0.29) is 5.91 Å². The highest BCUT2D eigenvalue weighted by atomic mass is 16.6. The number of piperazine rings is 1. The Kier molecular flexibility index (Phi) is 4.82. The quantitative estimate of drug-likeness (QED) is 0.814. The molecule has 0 N–H and O–H groups in total. The molecule has 0 atom stereocenters. The maximum Gasteiger partial charge on any atom is 0.415 e. The summed E-state index contributed by atoms with van der Waals surface area (Å²) in [6.07, 6.45) is -0.396. The SMILES string of the molecule is O=C(Oc1ccccc1)N1CCN(C(=O)c2ccc3c(c2)OCCO3)CC1. The van der Waals surface area contributed by atoms with Crippen LogP contribution in [0.1, 0.15) is 10.4 Å². The molecule has 27 heavy (non-hydrogen) atoms. The van der Waals surface area contributed by atoms with Crippen LogP contribution in [0.15, 0.2) is 48.5 Å². The lowest BCUT2D eigenvalue weighted by molar-refractivity contribution is 0.0632. The third-order valence-electron chi connectivity index (χ3n) is 4.56. The molecule has 2 aliphatic rings. The predicted molar refractivity (Wildman–Crippen MR) is 97.4 cm³/mol. The smallest absolute Gasteiger partial charge is 0.415 e. The van der Waals surface area contributed by atoms with Gasteiger partial charge >= 0.3 is 6.09 Å². The van der Waals surface area contributed by atoms with Crippen molar-refractivity contribution in [3.8, 4) is 17.2 Å². The zero-order chi connectivity index (χ0) is 18.6. The lowest BCUT2D eigenvalue weighted by Crippen LogP contribution is -2.51. The fourth-order valence-corrected chi connectivity index (χ4v) is 3.10. The Labute approximate surface area is 157 Å². The molecule has 2 aliphatic heterocycles. The van der Waals surface area contributed by atoms with Crippen molar-refractivity contribution in [3.05, 3.63) is 54.1 Å². The van der Waals surface area contributed by atoms with Crippen LogP contribution in [0.5, 0.6) is 17.2 Å². The van der Waals surface area contributed by atoms with Gasteiger partial charge < -0.3 is 24.0 Å². The van der Waals surface area contributed by atoms with Crippen LogP contribution in [-0.4, -0.2) is 61.2 Å². The highest BCUT2D eigenvalue weighted by molar-refractivity contribution is 5.95. The van der Waals surface area contributed by atoms with Gasteiger partial charge in [-0.1, -0.05) is 18.2 Å². The molecule has 4 rings (SSSR count). The summed E-state index contributed by atoms with van der Waals surface area (Å²) in [7, 11) is 0. The molecule has 0 bridgehead atoms. The summed E-state index contributed by atoms with van der Waals surface area (Å²) in [5.74, 6) is 1.68. The Balaban J connectivity index is 1.35. The Morgan fingerprint density at radius 2 is 1.48 bits per heavy atom. The van der Waals surface area contributed by atoms with Gasteiger partial charge in [-0.25, -0.2) is 4.79 Å². The van der Waals surface area contributed by atoms with Crippen LogP contribution in [0.25, 0.3) is 0 Å². The van der Waals surface area contributed by atoms with Crippen molar-refractivity contribution in [1.29, 1.82) is 0 Å². The Bertz CT molecular complexity index is 832. The molecule has 7 heteroatoms. The van der Waals surface area contributed by atoms with E-state index in [1.165, 1.54) is 0 Å². The monoisotopic (exact) mass is 368 g/mol. The summed E-state index contributed by atoms with van der Waals surface area (Å²) in [6.45, 7) is 2.77. The van der Waals surface area contributed by atoms with Gasteiger partial charge in [0.1, 0.15) is 19.0 Å². The highest BCUT2D eigenvalue weighted by Crippen LogP contribution is 2.31. The molecule has 2 aromatic carbocycles. The van der Waals surface area contributed by atoms with Crippen LogP contribution in [0.2, 0.25) is 0 Å². The molecule has 0 aromatic heterocycles. The van der Waals surface area contributed by atoms with Crippen LogP contribution in [0.4, 0.5) is 4.79 Å². The van der Waals surface area contributed by atoms with Crippen molar-refractivity contribution in [2.24, 2.45) is 0 Å². The van der Waals surface area contributed by atoms with E-state index in [1.54, 1.807) is 40.1 Å². The molecule has 140 valence electrons. The van der Waals surface area contributed by atoms with Crippen LogP contribution < -0.4 is 14.2 Å². The van der Waals surface area contributed by atoms with E-state index < -0.39 is 6.09 Å². The van der Waals surface area contributed by atoms with E-state index in [2.05, 4.69) is 0 Å². The zero-order valence-corrected chi connectivity index (χ0v) is 14.8. The number of amides is 2. The van der Waals surface area contributed by atoms with Crippen LogP contribution >= 0.6 is 0 Å². The first-order valence-electron chi connectivity index (χ1n) is 8.91. The fourth-order valence-electron chi connectivity index (χ4n) is 3.10. The number of ether oxygens (including phenoxy) is 3. The highest BCUT2D eigenvalue weighted by Gasteiger charge is 2.26. The number of para-hydroxylation sites is 1. The number of benzene rings is 2. The maximum absolute atomic E-state index is 12.7. The van der Waals surface area contributed by atoms with Crippen LogP contribution in [0.3, 0.4) is 0 Å². The third kappa shape index (κ3) is 3.81. The first kappa shape index (κ1) is 17.2. The normalized spacial score (nSPS) is 16.0. The van der Waals surface area contributed by atoms with Crippen molar-refractivity contribution in [2.75, 3.05) is 39.4 Å². The van der Waals surface area contributed by atoms with Gasteiger partial charge in [-0.3, -0.25) is 4.79 Å². The van der Waals surface area contributed by atoms with Crippen molar-refractivity contribution in [2.45, 2.75) is 0 Å². The van der Waals surface area contributed by atoms with Gasteiger partial charge in [0.2, 0.25) is 0 Å². The second kappa shape index (κ2) is 7.57. The maximum atomic E-state index is 12.7. The summed E-state index contributed by atoms with van der Waals surface area (Å²) in [5, 5.41) is 0. The summed E-state index contributed by atoms with van der Waals surface area (Å²) in [5.41, 5.74) is 0.555. The van der Waals surface area contributed by atoms with Gasteiger partial charge in [-0.2, -0.15) is 0 Å². The van der Waals surface area contributed by atoms with Gasteiger partial charge in [0, 0.05) is 31.7 Å². The molecule has 0 saturated carbocycles. The molecule has 1 fully saturated rings. The topological polar surface area (TPSA) is 68.3 Å². The Morgan fingerprint density at radius 3 is 2.22 bits per heavy atom. The summed E-state index contributed by atoms with van der Waals surface area (Å²) in [4.78, 5) is 28.3. The van der Waals surface area contributed by atoms with Crippen LogP contribution in [-0.2, 0) is 0 Å². The van der Waals surface area contributed by atoms with E-state index >= 15 is 0 Å². The van der Waals surface area contributed by atoms with Crippen LogP contribution in [0, 0.1) is 0 Å². The van der Waals surface area contributed by atoms with E-state index in [9.17, 15) is 9.59 Å². The number of hydrogen-bond donors (Lipinski definition) is 0. The first-order valence-corrected chi connectivity index (χ1v) is 8.91. The van der Waals surface area contributed by atoms with E-state index in [4.69, 9.17) is 14.2 Å². The second-order valence-electron chi connectivity index (χ2n) is 6.32. The minimum atomic E-state index is -0.396. The fraction of sp³-hybridized carbons (Fsp3) is 0.300. The molecule has 7 nitrogen and oxygen atoms in total. The van der Waals surface area contributed by atoms with Gasteiger partial charge in [0.25, 0.3) is 5.91 Å². The number of carbonyl (C=O) groups excluding carboxylic acids is 2. The van der Waals surface area contributed by atoms with Crippen molar-refractivity contribution in [1.82, 2.24) is 9.80 Å². The van der Waals surface area contributed by atoms with Gasteiger partial charge in [0.05, 0.1) is 0 Å².